The van der Waals surface area contributed by atoms with Crippen molar-refractivity contribution in [2.45, 2.75) is 38.6 Å². The lowest BCUT2D eigenvalue weighted by Crippen LogP contribution is -2.35. The van der Waals surface area contributed by atoms with Gasteiger partial charge in [0, 0.05) is 11.6 Å². The molecule has 2 aromatic rings. The molecule has 0 aliphatic carbocycles. The van der Waals surface area contributed by atoms with E-state index in [4.69, 9.17) is 4.42 Å². The molecule has 1 N–H and O–H groups in total. The maximum atomic E-state index is 5.42. The molecule has 0 saturated carbocycles. The summed E-state index contributed by atoms with van der Waals surface area (Å²) in [5, 5.41) is 3.59. The molecule has 1 saturated heterocycles. The van der Waals surface area contributed by atoms with E-state index in [0.29, 0.717) is 11.9 Å². The molecule has 0 spiro atoms. The van der Waals surface area contributed by atoms with E-state index in [2.05, 4.69) is 34.6 Å². The molecule has 3 heteroatoms. The maximum Gasteiger partial charge on any atom is 0.226 e. The average molecular weight is 256 g/mol. The zero-order valence-corrected chi connectivity index (χ0v) is 11.4. The van der Waals surface area contributed by atoms with Crippen molar-refractivity contribution in [1.82, 2.24) is 10.3 Å². The number of oxazole rings is 1. The van der Waals surface area contributed by atoms with E-state index in [9.17, 15) is 0 Å². The molecule has 1 aromatic carbocycles. The zero-order valence-electron chi connectivity index (χ0n) is 11.4. The first-order chi connectivity index (χ1) is 9.31. The van der Waals surface area contributed by atoms with Crippen LogP contribution in [0.3, 0.4) is 0 Å². The molecule has 1 aliphatic rings. The number of rotatable bonds is 3. The quantitative estimate of drug-likeness (QED) is 0.915. The zero-order chi connectivity index (χ0) is 13.1. The summed E-state index contributed by atoms with van der Waals surface area (Å²) in [6.45, 7) is 3.11. The van der Waals surface area contributed by atoms with Gasteiger partial charge < -0.3 is 9.73 Å². The molecular formula is C16H20N2O. The van der Waals surface area contributed by atoms with Crippen LogP contribution >= 0.6 is 0 Å². The lowest BCUT2D eigenvalue weighted by atomic mass is 9.97. The van der Waals surface area contributed by atoms with Gasteiger partial charge in [-0.1, -0.05) is 18.6 Å². The van der Waals surface area contributed by atoms with E-state index in [0.717, 1.165) is 17.7 Å². The largest absolute Gasteiger partial charge is 0.444 e. The molecule has 1 fully saturated rings. The first kappa shape index (κ1) is 12.4. The van der Waals surface area contributed by atoms with Crippen LogP contribution in [0.1, 0.15) is 30.5 Å². The number of piperidine rings is 1. The molecular weight excluding hydrogens is 236 g/mol. The Morgan fingerprint density at radius 3 is 2.74 bits per heavy atom. The molecule has 3 nitrogen and oxygen atoms in total. The molecule has 0 bridgehead atoms. The minimum absolute atomic E-state index is 0.642. The van der Waals surface area contributed by atoms with Gasteiger partial charge in [-0.2, -0.15) is 0 Å². The van der Waals surface area contributed by atoms with Crippen molar-refractivity contribution in [2.75, 3.05) is 6.54 Å². The third-order valence-electron chi connectivity index (χ3n) is 3.71. The second-order valence-corrected chi connectivity index (χ2v) is 5.34. The number of aromatic nitrogens is 1. The van der Waals surface area contributed by atoms with E-state index < -0.39 is 0 Å². The minimum atomic E-state index is 0.642. The van der Waals surface area contributed by atoms with Gasteiger partial charge in [0.1, 0.15) is 6.26 Å². The van der Waals surface area contributed by atoms with Gasteiger partial charge in [0.2, 0.25) is 5.89 Å². The molecule has 2 heterocycles. The van der Waals surface area contributed by atoms with Crippen molar-refractivity contribution in [2.24, 2.45) is 0 Å². The third-order valence-corrected chi connectivity index (χ3v) is 3.71. The molecule has 1 atom stereocenters. The van der Waals surface area contributed by atoms with Gasteiger partial charge >= 0.3 is 0 Å². The summed E-state index contributed by atoms with van der Waals surface area (Å²) in [4.78, 5) is 4.35. The monoisotopic (exact) mass is 256 g/mol. The number of nitrogens with zero attached hydrogens (tertiary/aromatic N) is 1. The Hall–Kier alpha value is -1.61. The highest BCUT2D eigenvalue weighted by molar-refractivity contribution is 5.53. The van der Waals surface area contributed by atoms with Crippen LogP contribution in [0.15, 0.2) is 34.9 Å². The second kappa shape index (κ2) is 5.57. The number of nitrogens with one attached hydrogen (secondary N) is 1. The fraction of sp³-hybridized carbons (Fsp3) is 0.438. The lowest BCUT2D eigenvalue weighted by molar-refractivity contribution is 0.399. The van der Waals surface area contributed by atoms with Gasteiger partial charge in [0.15, 0.2) is 0 Å². The predicted octanol–water partition coefficient (Wildman–Crippen LogP) is 3.33. The van der Waals surface area contributed by atoms with Crippen LogP contribution in [-0.4, -0.2) is 17.6 Å². The second-order valence-electron chi connectivity index (χ2n) is 5.34. The molecule has 0 amide bonds. The lowest BCUT2D eigenvalue weighted by Gasteiger charge is -2.23. The van der Waals surface area contributed by atoms with Gasteiger partial charge in [-0.15, -0.1) is 0 Å². The number of hydrogen-bond donors (Lipinski definition) is 1. The minimum Gasteiger partial charge on any atom is -0.444 e. The highest BCUT2D eigenvalue weighted by Crippen LogP contribution is 2.20. The van der Waals surface area contributed by atoms with Crippen LogP contribution in [-0.2, 0) is 6.42 Å². The van der Waals surface area contributed by atoms with Gasteiger partial charge in [0.25, 0.3) is 0 Å². The molecule has 3 rings (SSSR count). The van der Waals surface area contributed by atoms with Gasteiger partial charge in [-0.3, -0.25) is 0 Å². The highest BCUT2D eigenvalue weighted by atomic mass is 16.3. The summed E-state index contributed by atoms with van der Waals surface area (Å²) >= 11 is 0. The van der Waals surface area contributed by atoms with E-state index in [1.165, 1.54) is 31.4 Å². The Balaban J connectivity index is 1.68. The number of hydrogen-bond acceptors (Lipinski definition) is 3. The normalized spacial score (nSPS) is 19.5. The van der Waals surface area contributed by atoms with Crippen molar-refractivity contribution in [3.8, 4) is 11.5 Å². The summed E-state index contributed by atoms with van der Waals surface area (Å²) in [6.07, 6.45) is 6.77. The Bertz CT molecular complexity index is 524. The van der Waals surface area contributed by atoms with Crippen LogP contribution < -0.4 is 5.32 Å². The summed E-state index contributed by atoms with van der Waals surface area (Å²) in [5.41, 5.74) is 3.35. The Kier molecular flexibility index (Phi) is 3.65. The molecule has 0 radical (unpaired) electrons. The van der Waals surface area contributed by atoms with Crippen molar-refractivity contribution in [3.05, 3.63) is 41.8 Å². The molecule has 1 aliphatic heterocycles. The van der Waals surface area contributed by atoms with Crippen molar-refractivity contribution in [1.29, 1.82) is 0 Å². The van der Waals surface area contributed by atoms with Crippen LogP contribution in [0.5, 0.6) is 0 Å². The first-order valence-corrected chi connectivity index (χ1v) is 7.06. The Labute approximate surface area is 114 Å². The fourth-order valence-corrected chi connectivity index (χ4v) is 2.65. The van der Waals surface area contributed by atoms with Crippen molar-refractivity contribution in [3.63, 3.8) is 0 Å². The van der Waals surface area contributed by atoms with Gasteiger partial charge in [-0.05, 0) is 50.4 Å². The van der Waals surface area contributed by atoms with E-state index in [1.807, 2.05) is 6.92 Å². The molecule has 100 valence electrons. The van der Waals surface area contributed by atoms with Gasteiger partial charge in [-0.25, -0.2) is 4.98 Å². The SMILES string of the molecule is Cc1coc(-c2ccc(CC3CCCCN3)cc2)n1. The Morgan fingerprint density at radius 1 is 1.26 bits per heavy atom. The third kappa shape index (κ3) is 3.04. The van der Waals surface area contributed by atoms with E-state index >= 15 is 0 Å². The summed E-state index contributed by atoms with van der Waals surface area (Å²) in [7, 11) is 0. The fourth-order valence-electron chi connectivity index (χ4n) is 2.65. The molecule has 1 unspecified atom stereocenters. The van der Waals surface area contributed by atoms with Crippen LogP contribution in [0.2, 0.25) is 0 Å². The summed E-state index contributed by atoms with van der Waals surface area (Å²) in [5.74, 6) is 0.708. The summed E-state index contributed by atoms with van der Waals surface area (Å²) < 4.78 is 5.42. The number of benzene rings is 1. The number of aryl methyl sites for hydroxylation is 1. The van der Waals surface area contributed by atoms with Crippen LogP contribution in [0.25, 0.3) is 11.5 Å². The first-order valence-electron chi connectivity index (χ1n) is 7.06. The smallest absolute Gasteiger partial charge is 0.226 e. The van der Waals surface area contributed by atoms with E-state index in [1.54, 1.807) is 6.26 Å². The Morgan fingerprint density at radius 2 is 2.11 bits per heavy atom. The maximum absolute atomic E-state index is 5.42. The predicted molar refractivity (Wildman–Crippen MR) is 76.0 cm³/mol. The standard InChI is InChI=1S/C16H20N2O/c1-12-11-19-16(18-12)14-7-5-13(6-8-14)10-15-4-2-3-9-17-15/h5-8,11,15,17H,2-4,9-10H2,1H3. The average Bonchev–Trinajstić information content (AvgIpc) is 2.87. The van der Waals surface area contributed by atoms with Crippen LogP contribution in [0, 0.1) is 6.92 Å². The van der Waals surface area contributed by atoms with E-state index in [-0.39, 0.29) is 0 Å². The van der Waals surface area contributed by atoms with Gasteiger partial charge in [0.05, 0.1) is 5.69 Å². The van der Waals surface area contributed by atoms with Crippen molar-refractivity contribution < 1.29 is 4.42 Å². The summed E-state index contributed by atoms with van der Waals surface area (Å²) in [6, 6.07) is 9.21. The van der Waals surface area contributed by atoms with Crippen LogP contribution in [0.4, 0.5) is 0 Å². The molecule has 1 aromatic heterocycles. The highest BCUT2D eigenvalue weighted by Gasteiger charge is 2.13. The molecule has 19 heavy (non-hydrogen) atoms. The topological polar surface area (TPSA) is 38.1 Å². The van der Waals surface area contributed by atoms with Crippen molar-refractivity contribution >= 4 is 0 Å².